The van der Waals surface area contributed by atoms with E-state index in [1.165, 1.54) is 0 Å². The zero-order valence-corrected chi connectivity index (χ0v) is 13.1. The van der Waals surface area contributed by atoms with E-state index in [1.54, 1.807) is 18.2 Å². The van der Waals surface area contributed by atoms with Crippen molar-refractivity contribution in [2.45, 2.75) is 51.3 Å². The first-order valence-electron chi connectivity index (χ1n) is 8.03. The molecule has 2 rings (SSSR count). The van der Waals surface area contributed by atoms with Crippen LogP contribution in [0.25, 0.3) is 0 Å². The summed E-state index contributed by atoms with van der Waals surface area (Å²) in [5.41, 5.74) is 6.97. The molecule has 1 amide bonds. The van der Waals surface area contributed by atoms with Gasteiger partial charge in [-0.2, -0.15) is 0 Å². The zero-order valence-electron chi connectivity index (χ0n) is 13.1. The number of hydrogen-bond acceptors (Lipinski definition) is 4. The van der Waals surface area contributed by atoms with Gasteiger partial charge >= 0.3 is 0 Å². The summed E-state index contributed by atoms with van der Waals surface area (Å²) < 4.78 is 5.77. The Morgan fingerprint density at radius 3 is 3.00 bits per heavy atom. The van der Waals surface area contributed by atoms with Gasteiger partial charge in [-0.1, -0.05) is 19.1 Å². The third kappa shape index (κ3) is 4.71. The van der Waals surface area contributed by atoms with Crippen molar-refractivity contribution in [3.05, 3.63) is 29.8 Å². The van der Waals surface area contributed by atoms with E-state index in [0.29, 0.717) is 19.6 Å². The maximum Gasteiger partial charge on any atom is 0.223 e. The quantitative estimate of drug-likeness (QED) is 0.750. The highest BCUT2D eigenvalue weighted by atomic mass is 16.5. The molecule has 1 aliphatic carbocycles. The van der Waals surface area contributed by atoms with Gasteiger partial charge in [0, 0.05) is 25.1 Å². The molecule has 5 nitrogen and oxygen atoms in total. The maximum absolute atomic E-state index is 12.3. The third-order valence-electron chi connectivity index (χ3n) is 4.13. The van der Waals surface area contributed by atoms with Crippen LogP contribution in [0.3, 0.4) is 0 Å². The van der Waals surface area contributed by atoms with E-state index < -0.39 is 0 Å². The lowest BCUT2D eigenvalue weighted by molar-refractivity contribution is -0.128. The largest absolute Gasteiger partial charge is 0.508 e. The van der Waals surface area contributed by atoms with Gasteiger partial charge in [0.2, 0.25) is 5.91 Å². The minimum atomic E-state index is -0.0426. The van der Waals surface area contributed by atoms with Gasteiger partial charge in [-0.25, -0.2) is 0 Å². The van der Waals surface area contributed by atoms with Crippen molar-refractivity contribution in [2.24, 2.45) is 11.7 Å². The van der Waals surface area contributed by atoms with E-state index in [0.717, 1.165) is 24.8 Å². The smallest absolute Gasteiger partial charge is 0.223 e. The summed E-state index contributed by atoms with van der Waals surface area (Å²) in [4.78, 5) is 12.3. The van der Waals surface area contributed by atoms with Crippen molar-refractivity contribution >= 4 is 5.91 Å². The minimum Gasteiger partial charge on any atom is -0.508 e. The molecule has 0 radical (unpaired) electrons. The van der Waals surface area contributed by atoms with E-state index in [4.69, 9.17) is 10.5 Å². The molecule has 0 spiro atoms. The Hall–Kier alpha value is -1.59. The molecular formula is C17H26N2O3. The van der Waals surface area contributed by atoms with Crippen LogP contribution in [0.5, 0.6) is 5.75 Å². The Labute approximate surface area is 131 Å². The number of ether oxygens (including phenoxy) is 1. The first-order valence-corrected chi connectivity index (χ1v) is 8.03. The molecule has 5 heteroatoms. The highest BCUT2D eigenvalue weighted by molar-refractivity contribution is 5.78. The van der Waals surface area contributed by atoms with E-state index in [2.05, 4.69) is 12.2 Å². The van der Waals surface area contributed by atoms with Gasteiger partial charge in [-0.15, -0.1) is 0 Å². The van der Waals surface area contributed by atoms with Crippen molar-refractivity contribution in [2.75, 3.05) is 6.61 Å². The van der Waals surface area contributed by atoms with Gasteiger partial charge in [0.25, 0.3) is 0 Å². The monoisotopic (exact) mass is 306 g/mol. The highest BCUT2D eigenvalue weighted by Gasteiger charge is 2.32. The second kappa shape index (κ2) is 8.15. The molecule has 1 saturated carbocycles. The van der Waals surface area contributed by atoms with Gasteiger partial charge in [0.15, 0.2) is 0 Å². The molecule has 4 N–H and O–H groups in total. The van der Waals surface area contributed by atoms with Crippen molar-refractivity contribution in [1.29, 1.82) is 0 Å². The number of phenols is 1. The number of benzene rings is 1. The Balaban J connectivity index is 1.84. The maximum atomic E-state index is 12.3. The van der Waals surface area contributed by atoms with Crippen molar-refractivity contribution < 1.29 is 14.6 Å². The molecule has 1 aliphatic rings. The summed E-state index contributed by atoms with van der Waals surface area (Å²) >= 11 is 0. The van der Waals surface area contributed by atoms with Crippen molar-refractivity contribution in [1.82, 2.24) is 5.32 Å². The van der Waals surface area contributed by atoms with Gasteiger partial charge in [-0.05, 0) is 43.4 Å². The van der Waals surface area contributed by atoms with Crippen LogP contribution in [-0.4, -0.2) is 29.8 Å². The van der Waals surface area contributed by atoms with E-state index in [1.807, 2.05) is 6.07 Å². The number of hydrogen-bond donors (Lipinski definition) is 3. The molecule has 0 heterocycles. The van der Waals surface area contributed by atoms with Gasteiger partial charge in [0.1, 0.15) is 5.75 Å². The number of aromatic hydroxyl groups is 1. The molecule has 0 saturated heterocycles. The topological polar surface area (TPSA) is 84.6 Å². The van der Waals surface area contributed by atoms with Crippen LogP contribution in [0.2, 0.25) is 0 Å². The summed E-state index contributed by atoms with van der Waals surface area (Å²) in [7, 11) is 0. The van der Waals surface area contributed by atoms with Gasteiger partial charge in [0.05, 0.1) is 6.10 Å². The molecule has 1 aromatic carbocycles. The summed E-state index contributed by atoms with van der Waals surface area (Å²) in [5, 5.41) is 12.4. The second-order valence-corrected chi connectivity index (χ2v) is 5.97. The molecule has 0 unspecified atom stereocenters. The van der Waals surface area contributed by atoms with Gasteiger partial charge in [-0.3, -0.25) is 4.79 Å². The fourth-order valence-corrected chi connectivity index (χ4v) is 2.85. The van der Waals surface area contributed by atoms with Crippen LogP contribution in [0.4, 0.5) is 0 Å². The van der Waals surface area contributed by atoms with Crippen molar-refractivity contribution in [3.63, 3.8) is 0 Å². The Bertz CT molecular complexity index is 493. The molecule has 0 aliphatic heterocycles. The van der Waals surface area contributed by atoms with Crippen molar-refractivity contribution in [3.8, 4) is 5.75 Å². The average molecular weight is 306 g/mol. The number of carbonyl (C=O) groups excluding carboxylic acids is 1. The Morgan fingerprint density at radius 2 is 2.27 bits per heavy atom. The lowest BCUT2D eigenvalue weighted by Crippen LogP contribution is -2.45. The number of nitrogens with two attached hydrogens (primary N) is 1. The molecule has 1 aromatic rings. The lowest BCUT2D eigenvalue weighted by Gasteiger charge is -2.33. The van der Waals surface area contributed by atoms with E-state index >= 15 is 0 Å². The Kier molecular flexibility index (Phi) is 6.21. The summed E-state index contributed by atoms with van der Waals surface area (Å²) in [5.74, 6) is 0.211. The standard InChI is InChI=1S/C17H26N2O3/c1-2-8-22-16-10-13(6-7-15(16)18)17(21)19-11-12-4-3-5-14(20)9-12/h3-5,9,13,15-16,20H,2,6-8,10-11,18H2,1H3,(H,19,21)/t13-,15+,16+/m0/s1. The normalized spacial score (nSPS) is 24.9. The highest BCUT2D eigenvalue weighted by Crippen LogP contribution is 2.26. The molecular weight excluding hydrogens is 280 g/mol. The van der Waals surface area contributed by atoms with E-state index in [9.17, 15) is 9.90 Å². The average Bonchev–Trinajstić information content (AvgIpc) is 2.52. The molecule has 22 heavy (non-hydrogen) atoms. The summed E-state index contributed by atoms with van der Waals surface area (Å²) in [6, 6.07) is 6.95. The van der Waals surface area contributed by atoms with Crippen LogP contribution in [0.1, 0.15) is 38.2 Å². The SMILES string of the molecule is CCCO[C@@H]1C[C@@H](C(=O)NCc2cccc(O)c2)CC[C@H]1N. The number of phenolic OH excluding ortho intramolecular Hbond substituents is 1. The number of rotatable bonds is 6. The number of nitrogens with one attached hydrogen (secondary N) is 1. The van der Waals surface area contributed by atoms with Crippen LogP contribution < -0.4 is 11.1 Å². The lowest BCUT2D eigenvalue weighted by atomic mass is 9.83. The van der Waals surface area contributed by atoms with Crippen LogP contribution in [-0.2, 0) is 16.1 Å². The number of amides is 1. The first kappa shape index (κ1) is 16.8. The molecule has 0 aromatic heterocycles. The second-order valence-electron chi connectivity index (χ2n) is 5.97. The molecule has 3 atom stereocenters. The molecule has 0 bridgehead atoms. The summed E-state index contributed by atoms with van der Waals surface area (Å²) in [6.07, 6.45) is 3.24. The van der Waals surface area contributed by atoms with Crippen LogP contribution >= 0.6 is 0 Å². The third-order valence-corrected chi connectivity index (χ3v) is 4.13. The van der Waals surface area contributed by atoms with Crippen LogP contribution in [0, 0.1) is 5.92 Å². The first-order chi connectivity index (χ1) is 10.6. The summed E-state index contributed by atoms with van der Waals surface area (Å²) in [6.45, 7) is 3.18. The van der Waals surface area contributed by atoms with Crippen LogP contribution in [0.15, 0.2) is 24.3 Å². The predicted molar refractivity (Wildman–Crippen MR) is 85.3 cm³/mol. The minimum absolute atomic E-state index is 0.0229. The fourth-order valence-electron chi connectivity index (χ4n) is 2.85. The Morgan fingerprint density at radius 1 is 1.45 bits per heavy atom. The fraction of sp³-hybridized carbons (Fsp3) is 0.588. The van der Waals surface area contributed by atoms with Gasteiger partial charge < -0.3 is 20.9 Å². The predicted octanol–water partition coefficient (Wildman–Crippen LogP) is 1.93. The van der Waals surface area contributed by atoms with E-state index in [-0.39, 0.29) is 29.7 Å². The molecule has 122 valence electrons. The molecule has 1 fully saturated rings. The number of carbonyl (C=O) groups is 1. The zero-order chi connectivity index (χ0) is 15.9.